The Morgan fingerprint density at radius 3 is 2.85 bits per heavy atom. The summed E-state index contributed by atoms with van der Waals surface area (Å²) in [5.41, 5.74) is 0.563. The molecule has 0 saturated heterocycles. The van der Waals surface area contributed by atoms with Crippen molar-refractivity contribution in [1.82, 2.24) is 14.7 Å². The van der Waals surface area contributed by atoms with Crippen molar-refractivity contribution >= 4 is 21.6 Å². The number of hydrogen-bond acceptors (Lipinski definition) is 5. The second kappa shape index (κ2) is 8.39. The number of anilines is 1. The maximum atomic E-state index is 12.1. The predicted octanol–water partition coefficient (Wildman–Crippen LogP) is 0.998. The van der Waals surface area contributed by atoms with Crippen molar-refractivity contribution in [2.24, 2.45) is 5.92 Å². The predicted molar refractivity (Wildman–Crippen MR) is 84.1 cm³/mol. The molecule has 0 fully saturated rings. The summed E-state index contributed by atoms with van der Waals surface area (Å²) >= 11 is 3.33. The van der Waals surface area contributed by atoms with Gasteiger partial charge in [-0.15, -0.1) is 0 Å². The molecule has 0 spiro atoms. The molecule has 6 nitrogen and oxygen atoms in total. The Bertz CT molecular complexity index is 476. The fraction of sp³-hybridized carbons (Fsp3) is 0.692. The number of halogens is 1. The highest BCUT2D eigenvalue weighted by Crippen LogP contribution is 2.16. The summed E-state index contributed by atoms with van der Waals surface area (Å²) in [6, 6.07) is 0. The van der Waals surface area contributed by atoms with Crippen LogP contribution in [0.2, 0.25) is 0 Å². The summed E-state index contributed by atoms with van der Waals surface area (Å²) in [4.78, 5) is 14.1. The van der Waals surface area contributed by atoms with Gasteiger partial charge < -0.3 is 15.3 Å². The lowest BCUT2D eigenvalue weighted by molar-refractivity contribution is 0.266. The van der Waals surface area contributed by atoms with Crippen molar-refractivity contribution in [2.75, 3.05) is 39.1 Å². The minimum absolute atomic E-state index is 0.133. The van der Waals surface area contributed by atoms with Crippen molar-refractivity contribution < 1.29 is 5.11 Å². The number of aliphatic hydroxyl groups excluding tert-OH is 1. The lowest BCUT2D eigenvalue weighted by Gasteiger charge is -2.15. The van der Waals surface area contributed by atoms with E-state index in [1.54, 1.807) is 6.20 Å². The molecule has 1 atom stereocenters. The molecular formula is C13H23BrN4O2. The van der Waals surface area contributed by atoms with Gasteiger partial charge in [0.05, 0.1) is 18.4 Å². The van der Waals surface area contributed by atoms with E-state index < -0.39 is 0 Å². The van der Waals surface area contributed by atoms with Crippen molar-refractivity contribution in [2.45, 2.75) is 19.9 Å². The van der Waals surface area contributed by atoms with E-state index >= 15 is 0 Å². The molecule has 7 heteroatoms. The van der Waals surface area contributed by atoms with Crippen LogP contribution in [0.3, 0.4) is 0 Å². The van der Waals surface area contributed by atoms with Crippen LogP contribution in [0.4, 0.5) is 5.69 Å². The third-order valence-corrected chi connectivity index (χ3v) is 3.77. The lowest BCUT2D eigenvalue weighted by Crippen LogP contribution is -2.29. The van der Waals surface area contributed by atoms with Gasteiger partial charge in [-0.2, -0.15) is 5.10 Å². The van der Waals surface area contributed by atoms with Gasteiger partial charge in [-0.25, -0.2) is 4.68 Å². The van der Waals surface area contributed by atoms with E-state index in [0.717, 1.165) is 13.0 Å². The number of aromatic nitrogens is 2. The van der Waals surface area contributed by atoms with Crippen LogP contribution in [0.25, 0.3) is 0 Å². The molecule has 1 aromatic heterocycles. The number of aliphatic hydroxyl groups is 1. The highest BCUT2D eigenvalue weighted by Gasteiger charge is 2.10. The fourth-order valence-electron chi connectivity index (χ4n) is 1.65. The quantitative estimate of drug-likeness (QED) is 0.734. The number of hydrogen-bond donors (Lipinski definition) is 2. The molecule has 0 saturated carbocycles. The minimum Gasteiger partial charge on any atom is -0.396 e. The Labute approximate surface area is 127 Å². The number of likely N-dealkylation sites (N-methyl/N-ethyl adjacent to an activating group) is 1. The second-order valence-electron chi connectivity index (χ2n) is 5.20. The molecule has 0 aromatic carbocycles. The Morgan fingerprint density at radius 2 is 2.25 bits per heavy atom. The first-order valence-corrected chi connectivity index (χ1v) is 7.50. The summed E-state index contributed by atoms with van der Waals surface area (Å²) in [5.74, 6) is 0.336. The summed E-state index contributed by atoms with van der Waals surface area (Å²) < 4.78 is 1.95. The van der Waals surface area contributed by atoms with Crippen LogP contribution in [0.5, 0.6) is 0 Å². The minimum atomic E-state index is -0.133. The van der Waals surface area contributed by atoms with Gasteiger partial charge in [0.1, 0.15) is 4.47 Å². The van der Waals surface area contributed by atoms with Gasteiger partial charge in [0.2, 0.25) is 0 Å². The zero-order chi connectivity index (χ0) is 15.1. The van der Waals surface area contributed by atoms with Gasteiger partial charge in [0, 0.05) is 19.7 Å². The van der Waals surface area contributed by atoms with Crippen LogP contribution in [0.1, 0.15) is 13.3 Å². The Hall–Kier alpha value is -0.920. The standard InChI is InChI=1S/C13H23BrN4O2/c1-10(4-7-19)8-15-11-9-16-18(6-5-17(2)3)13(20)12(11)14/h9-10,15,19H,4-8H2,1-3H3. The molecule has 2 N–H and O–H groups in total. The molecule has 1 unspecified atom stereocenters. The van der Waals surface area contributed by atoms with E-state index in [-0.39, 0.29) is 12.2 Å². The van der Waals surface area contributed by atoms with Gasteiger partial charge in [0.25, 0.3) is 5.56 Å². The molecule has 0 aliphatic rings. The first kappa shape index (κ1) is 17.1. The number of nitrogens with one attached hydrogen (secondary N) is 1. The number of nitrogens with zero attached hydrogens (tertiary/aromatic N) is 3. The van der Waals surface area contributed by atoms with Crippen LogP contribution < -0.4 is 10.9 Å². The van der Waals surface area contributed by atoms with Crippen LogP contribution in [0, 0.1) is 5.92 Å². The van der Waals surface area contributed by atoms with E-state index in [2.05, 4.69) is 26.3 Å². The molecule has 1 aromatic rings. The molecule has 1 heterocycles. The first-order valence-electron chi connectivity index (χ1n) is 6.70. The zero-order valence-corrected chi connectivity index (χ0v) is 13.9. The molecule has 0 bridgehead atoms. The monoisotopic (exact) mass is 346 g/mol. The van der Waals surface area contributed by atoms with Gasteiger partial charge in [-0.3, -0.25) is 4.79 Å². The summed E-state index contributed by atoms with van der Waals surface area (Å²) in [7, 11) is 3.91. The van der Waals surface area contributed by atoms with Gasteiger partial charge in [0.15, 0.2) is 0 Å². The van der Waals surface area contributed by atoms with Crippen LogP contribution in [-0.2, 0) is 6.54 Å². The summed E-state index contributed by atoms with van der Waals surface area (Å²) in [5, 5.41) is 16.2. The lowest BCUT2D eigenvalue weighted by atomic mass is 10.1. The molecule has 0 amide bonds. The smallest absolute Gasteiger partial charge is 0.283 e. The van der Waals surface area contributed by atoms with E-state index in [9.17, 15) is 4.79 Å². The van der Waals surface area contributed by atoms with Crippen molar-refractivity contribution in [3.05, 3.63) is 21.0 Å². The van der Waals surface area contributed by atoms with Crippen LogP contribution in [0.15, 0.2) is 15.5 Å². The molecule has 1 rings (SSSR count). The topological polar surface area (TPSA) is 70.4 Å². The van der Waals surface area contributed by atoms with Crippen LogP contribution in [-0.4, -0.2) is 53.6 Å². The first-order chi connectivity index (χ1) is 9.45. The normalized spacial score (nSPS) is 12.7. The third kappa shape index (κ3) is 5.22. The van der Waals surface area contributed by atoms with E-state index in [1.807, 2.05) is 25.9 Å². The Kier molecular flexibility index (Phi) is 7.18. The highest BCUT2D eigenvalue weighted by atomic mass is 79.9. The van der Waals surface area contributed by atoms with Crippen LogP contribution >= 0.6 is 15.9 Å². The third-order valence-electron chi connectivity index (χ3n) is 3.01. The molecule has 0 radical (unpaired) electrons. The SMILES string of the molecule is CC(CCO)CNc1cnn(CCN(C)C)c(=O)c1Br. The Morgan fingerprint density at radius 1 is 1.55 bits per heavy atom. The molecular weight excluding hydrogens is 324 g/mol. The van der Waals surface area contributed by atoms with Gasteiger partial charge >= 0.3 is 0 Å². The van der Waals surface area contributed by atoms with Crippen molar-refractivity contribution in [3.63, 3.8) is 0 Å². The van der Waals surface area contributed by atoms with Gasteiger partial charge in [-0.05, 0) is 42.4 Å². The molecule has 20 heavy (non-hydrogen) atoms. The van der Waals surface area contributed by atoms with Gasteiger partial charge in [-0.1, -0.05) is 6.92 Å². The molecule has 114 valence electrons. The van der Waals surface area contributed by atoms with Crippen molar-refractivity contribution in [3.8, 4) is 0 Å². The van der Waals surface area contributed by atoms with Crippen molar-refractivity contribution in [1.29, 1.82) is 0 Å². The second-order valence-corrected chi connectivity index (χ2v) is 6.00. The van der Waals surface area contributed by atoms with E-state index in [0.29, 0.717) is 29.2 Å². The summed E-state index contributed by atoms with van der Waals surface area (Å²) in [6.07, 6.45) is 2.39. The molecule has 0 aliphatic heterocycles. The summed E-state index contributed by atoms with van der Waals surface area (Å²) in [6.45, 7) is 4.24. The van der Waals surface area contributed by atoms with E-state index in [4.69, 9.17) is 5.11 Å². The average molecular weight is 347 g/mol. The highest BCUT2D eigenvalue weighted by molar-refractivity contribution is 9.10. The maximum Gasteiger partial charge on any atom is 0.283 e. The Balaban J connectivity index is 2.71. The fourth-order valence-corrected chi connectivity index (χ4v) is 2.10. The largest absolute Gasteiger partial charge is 0.396 e. The van der Waals surface area contributed by atoms with E-state index in [1.165, 1.54) is 4.68 Å². The maximum absolute atomic E-state index is 12.1. The number of rotatable bonds is 8. The molecule has 0 aliphatic carbocycles. The zero-order valence-electron chi connectivity index (χ0n) is 12.3. The average Bonchev–Trinajstić information content (AvgIpc) is 2.39.